The van der Waals surface area contributed by atoms with E-state index >= 15 is 0 Å². The molecule has 21 heavy (non-hydrogen) atoms. The fourth-order valence-electron chi connectivity index (χ4n) is 2.87. The van der Waals surface area contributed by atoms with Crippen molar-refractivity contribution in [3.05, 3.63) is 35.4 Å². The van der Waals surface area contributed by atoms with Crippen LogP contribution in [0.2, 0.25) is 0 Å². The zero-order chi connectivity index (χ0) is 14.9. The van der Waals surface area contributed by atoms with Gasteiger partial charge in [0.25, 0.3) is 0 Å². The van der Waals surface area contributed by atoms with Crippen molar-refractivity contribution in [1.82, 2.24) is 10.6 Å². The quantitative estimate of drug-likeness (QED) is 0.789. The first-order valence-corrected chi connectivity index (χ1v) is 8.29. The minimum atomic E-state index is 0.136. The summed E-state index contributed by atoms with van der Waals surface area (Å²) in [4.78, 5) is 11.8. The van der Waals surface area contributed by atoms with Gasteiger partial charge in [-0.2, -0.15) is 0 Å². The highest BCUT2D eigenvalue weighted by Crippen LogP contribution is 2.16. The lowest BCUT2D eigenvalue weighted by molar-refractivity contribution is -0.121. The Labute approximate surface area is 128 Å². The van der Waals surface area contributed by atoms with Crippen LogP contribution >= 0.6 is 0 Å². The average molecular weight is 288 g/mol. The van der Waals surface area contributed by atoms with Crippen LogP contribution in [-0.4, -0.2) is 18.5 Å². The molecular weight excluding hydrogens is 260 g/mol. The summed E-state index contributed by atoms with van der Waals surface area (Å²) in [5.41, 5.74) is 2.41. The molecule has 1 aromatic rings. The molecular formula is C18H28N2O. The Morgan fingerprint density at radius 3 is 2.43 bits per heavy atom. The van der Waals surface area contributed by atoms with Crippen molar-refractivity contribution in [2.75, 3.05) is 6.54 Å². The minimum absolute atomic E-state index is 0.136. The highest BCUT2D eigenvalue weighted by molar-refractivity contribution is 5.76. The molecule has 0 spiro atoms. The van der Waals surface area contributed by atoms with E-state index in [4.69, 9.17) is 0 Å². The molecule has 0 unspecified atom stereocenters. The van der Waals surface area contributed by atoms with E-state index in [2.05, 4.69) is 41.8 Å². The summed E-state index contributed by atoms with van der Waals surface area (Å²) in [6, 6.07) is 8.92. The molecule has 3 nitrogen and oxygen atoms in total. The molecule has 1 aliphatic carbocycles. The molecule has 0 radical (unpaired) electrons. The Bertz CT molecular complexity index is 419. The highest BCUT2D eigenvalue weighted by Gasteiger charge is 2.11. The van der Waals surface area contributed by atoms with Crippen molar-refractivity contribution >= 4 is 5.91 Å². The number of carbonyl (C=O) groups excluding carboxylic acids is 1. The van der Waals surface area contributed by atoms with Gasteiger partial charge < -0.3 is 10.6 Å². The monoisotopic (exact) mass is 288 g/mol. The Hall–Kier alpha value is -1.35. The molecule has 0 atom stereocenters. The molecule has 0 heterocycles. The van der Waals surface area contributed by atoms with E-state index in [9.17, 15) is 4.79 Å². The second-order valence-electron chi connectivity index (χ2n) is 6.15. The predicted molar refractivity (Wildman–Crippen MR) is 87.1 cm³/mol. The van der Waals surface area contributed by atoms with Crippen LogP contribution in [0.15, 0.2) is 24.3 Å². The summed E-state index contributed by atoms with van der Waals surface area (Å²) in [7, 11) is 0. The van der Waals surface area contributed by atoms with Crippen LogP contribution < -0.4 is 10.6 Å². The summed E-state index contributed by atoms with van der Waals surface area (Å²) in [6.45, 7) is 3.49. The Kier molecular flexibility index (Phi) is 6.74. The van der Waals surface area contributed by atoms with Crippen molar-refractivity contribution in [3.63, 3.8) is 0 Å². The number of nitrogens with one attached hydrogen (secondary N) is 2. The van der Waals surface area contributed by atoms with Gasteiger partial charge in [-0.05, 0) is 25.3 Å². The van der Waals surface area contributed by atoms with E-state index < -0.39 is 0 Å². The summed E-state index contributed by atoms with van der Waals surface area (Å²) in [5, 5.41) is 6.53. The van der Waals surface area contributed by atoms with Gasteiger partial charge in [-0.25, -0.2) is 0 Å². The van der Waals surface area contributed by atoms with Crippen molar-refractivity contribution in [2.45, 2.75) is 64.5 Å². The fourth-order valence-corrected chi connectivity index (χ4v) is 2.87. The summed E-state index contributed by atoms with van der Waals surface area (Å²) in [6.07, 6.45) is 8.51. The van der Waals surface area contributed by atoms with E-state index in [1.54, 1.807) is 0 Å². The van der Waals surface area contributed by atoms with Gasteiger partial charge in [0, 0.05) is 25.6 Å². The molecule has 0 bridgehead atoms. The third-order valence-corrected chi connectivity index (χ3v) is 4.25. The maximum Gasteiger partial charge on any atom is 0.221 e. The lowest BCUT2D eigenvalue weighted by Crippen LogP contribution is -2.33. The average Bonchev–Trinajstić information content (AvgIpc) is 2.75. The van der Waals surface area contributed by atoms with Crippen LogP contribution in [0.1, 0.15) is 56.1 Å². The van der Waals surface area contributed by atoms with Crippen molar-refractivity contribution < 1.29 is 4.79 Å². The molecule has 0 saturated heterocycles. The molecule has 1 aliphatic rings. The molecule has 2 N–H and O–H groups in total. The number of hydrogen-bond acceptors (Lipinski definition) is 2. The first-order valence-electron chi connectivity index (χ1n) is 8.29. The van der Waals surface area contributed by atoms with Gasteiger partial charge in [0.05, 0.1) is 0 Å². The Balaban J connectivity index is 1.59. The molecule has 2 rings (SSSR count). The Morgan fingerprint density at radius 2 is 1.76 bits per heavy atom. The maximum atomic E-state index is 11.8. The largest absolute Gasteiger partial charge is 0.352 e. The molecule has 1 aromatic carbocycles. The molecule has 3 heteroatoms. The summed E-state index contributed by atoms with van der Waals surface area (Å²) in [5.74, 6) is 0.136. The van der Waals surface area contributed by atoms with Crippen LogP contribution in [0.25, 0.3) is 0 Å². The first kappa shape index (κ1) is 16.0. The molecule has 0 aromatic heterocycles. The summed E-state index contributed by atoms with van der Waals surface area (Å²) >= 11 is 0. The zero-order valence-electron chi connectivity index (χ0n) is 13.2. The van der Waals surface area contributed by atoms with Gasteiger partial charge in [0.1, 0.15) is 0 Å². The van der Waals surface area contributed by atoms with Gasteiger partial charge >= 0.3 is 0 Å². The van der Waals surface area contributed by atoms with E-state index in [0.29, 0.717) is 19.0 Å². The van der Waals surface area contributed by atoms with Crippen molar-refractivity contribution in [1.29, 1.82) is 0 Å². The number of aryl methyl sites for hydroxylation is 1. The lowest BCUT2D eigenvalue weighted by atomic mass is 10.1. The number of amides is 1. The normalized spacial score (nSPS) is 16.4. The lowest BCUT2D eigenvalue weighted by Gasteiger charge is -2.15. The molecule has 1 amide bonds. The van der Waals surface area contributed by atoms with Gasteiger partial charge in [-0.3, -0.25) is 4.79 Å². The predicted octanol–water partition coefficient (Wildman–Crippen LogP) is 3.31. The minimum Gasteiger partial charge on any atom is -0.352 e. The van der Waals surface area contributed by atoms with Crippen LogP contribution in [0.3, 0.4) is 0 Å². The number of carbonyl (C=O) groups is 1. The number of hydrogen-bond donors (Lipinski definition) is 2. The van der Waals surface area contributed by atoms with E-state index in [-0.39, 0.29) is 5.91 Å². The maximum absolute atomic E-state index is 11.8. The summed E-state index contributed by atoms with van der Waals surface area (Å²) < 4.78 is 0. The molecule has 1 fully saturated rings. The van der Waals surface area contributed by atoms with E-state index in [0.717, 1.165) is 12.1 Å². The van der Waals surface area contributed by atoms with Crippen LogP contribution in [0, 0.1) is 6.92 Å². The molecule has 0 aliphatic heterocycles. The fraction of sp³-hybridized carbons (Fsp3) is 0.611. The Morgan fingerprint density at radius 1 is 1.10 bits per heavy atom. The van der Waals surface area contributed by atoms with Crippen molar-refractivity contribution in [3.8, 4) is 0 Å². The van der Waals surface area contributed by atoms with Crippen LogP contribution in [0.4, 0.5) is 0 Å². The SMILES string of the molecule is Cc1ccc(CNC(=O)CCNC2CCCCCC2)cc1. The van der Waals surface area contributed by atoms with Gasteiger partial charge in [-0.1, -0.05) is 55.5 Å². The third kappa shape index (κ3) is 6.30. The zero-order valence-corrected chi connectivity index (χ0v) is 13.2. The topological polar surface area (TPSA) is 41.1 Å². The second-order valence-corrected chi connectivity index (χ2v) is 6.15. The van der Waals surface area contributed by atoms with Gasteiger partial charge in [0.15, 0.2) is 0 Å². The second kappa shape index (κ2) is 8.83. The van der Waals surface area contributed by atoms with E-state index in [1.807, 2.05) is 0 Å². The standard InChI is InChI=1S/C18H28N2O/c1-15-8-10-16(11-9-15)14-20-18(21)12-13-19-17-6-4-2-3-5-7-17/h8-11,17,19H,2-7,12-14H2,1H3,(H,20,21). The van der Waals surface area contributed by atoms with Gasteiger partial charge in [-0.15, -0.1) is 0 Å². The van der Waals surface area contributed by atoms with E-state index in [1.165, 1.54) is 44.1 Å². The van der Waals surface area contributed by atoms with Crippen LogP contribution in [-0.2, 0) is 11.3 Å². The van der Waals surface area contributed by atoms with Crippen LogP contribution in [0.5, 0.6) is 0 Å². The molecule has 116 valence electrons. The number of rotatable bonds is 6. The smallest absolute Gasteiger partial charge is 0.221 e. The number of benzene rings is 1. The third-order valence-electron chi connectivity index (χ3n) is 4.25. The highest BCUT2D eigenvalue weighted by atomic mass is 16.1. The first-order chi connectivity index (χ1) is 10.2. The van der Waals surface area contributed by atoms with Gasteiger partial charge in [0.2, 0.25) is 5.91 Å². The molecule has 1 saturated carbocycles. The van der Waals surface area contributed by atoms with Crippen molar-refractivity contribution in [2.24, 2.45) is 0 Å².